The summed E-state index contributed by atoms with van der Waals surface area (Å²) in [6, 6.07) is 28.9. The summed E-state index contributed by atoms with van der Waals surface area (Å²) < 4.78 is 17.0. The minimum atomic E-state index is -2.90. The van der Waals surface area contributed by atoms with Gasteiger partial charge in [0, 0.05) is 0 Å². The van der Waals surface area contributed by atoms with Gasteiger partial charge in [0.2, 0.25) is 0 Å². The average molecular weight is 605 g/mol. The van der Waals surface area contributed by atoms with Crippen molar-refractivity contribution in [1.29, 1.82) is 0 Å². The molecule has 0 aliphatic heterocycles. The van der Waals surface area contributed by atoms with E-state index in [4.69, 9.17) is 9.47 Å². The molecule has 0 fully saturated rings. The molecule has 0 unspecified atom stereocenters. The SMILES string of the molecule is CCC[CH2][Sn]([CH2]CCC)([CH2]CCC)[C](=C(c1ccc(OC)cc1)c1ccc(OC)cc1)c1ccccc1. The van der Waals surface area contributed by atoms with E-state index in [1.807, 2.05) is 0 Å². The summed E-state index contributed by atoms with van der Waals surface area (Å²) in [4.78, 5) is 0. The second kappa shape index (κ2) is 15.3. The first kappa shape index (κ1) is 29.4. The third-order valence-electron chi connectivity index (χ3n) is 7.63. The molecule has 0 aromatic heterocycles. The summed E-state index contributed by atoms with van der Waals surface area (Å²) in [6.45, 7) is 7.07. The first-order valence-electron chi connectivity index (χ1n) is 14.2. The van der Waals surface area contributed by atoms with Crippen LogP contribution in [0.1, 0.15) is 76.0 Å². The van der Waals surface area contributed by atoms with Crippen LogP contribution in [-0.2, 0) is 0 Å². The van der Waals surface area contributed by atoms with E-state index in [0.29, 0.717) is 0 Å². The van der Waals surface area contributed by atoms with E-state index in [2.05, 4.69) is 99.6 Å². The number of hydrogen-bond donors (Lipinski definition) is 0. The monoisotopic (exact) mass is 606 g/mol. The molecule has 3 aromatic carbocycles. The molecule has 37 heavy (non-hydrogen) atoms. The predicted molar refractivity (Wildman–Crippen MR) is 163 cm³/mol. The Bertz CT molecular complexity index is 1010. The van der Waals surface area contributed by atoms with Gasteiger partial charge in [-0.2, -0.15) is 0 Å². The van der Waals surface area contributed by atoms with Gasteiger partial charge < -0.3 is 0 Å². The van der Waals surface area contributed by atoms with E-state index in [-0.39, 0.29) is 0 Å². The zero-order valence-corrected chi connectivity index (χ0v) is 26.5. The normalized spacial score (nSPS) is 11.3. The van der Waals surface area contributed by atoms with Crippen molar-refractivity contribution in [2.75, 3.05) is 14.2 Å². The first-order valence-corrected chi connectivity index (χ1v) is 21.7. The van der Waals surface area contributed by atoms with Crippen molar-refractivity contribution in [2.45, 2.75) is 72.6 Å². The van der Waals surface area contributed by atoms with Crippen LogP contribution in [0.4, 0.5) is 0 Å². The molecule has 0 saturated heterocycles. The predicted octanol–water partition coefficient (Wildman–Crippen LogP) is 10.1. The third kappa shape index (κ3) is 7.66. The van der Waals surface area contributed by atoms with Crippen LogP contribution in [0.2, 0.25) is 13.3 Å². The van der Waals surface area contributed by atoms with Crippen molar-refractivity contribution in [3.05, 3.63) is 95.6 Å². The van der Waals surface area contributed by atoms with Crippen molar-refractivity contribution >= 4 is 27.5 Å². The van der Waals surface area contributed by atoms with Gasteiger partial charge >= 0.3 is 231 Å². The second-order valence-corrected chi connectivity index (χ2v) is 23.2. The number of hydrogen-bond acceptors (Lipinski definition) is 2. The number of ether oxygens (including phenoxy) is 2. The number of methoxy groups -OCH3 is 2. The number of rotatable bonds is 15. The fraction of sp³-hybridized carbons (Fsp3) is 0.412. The molecule has 198 valence electrons. The Kier molecular flexibility index (Phi) is 12.1. The molecule has 0 amide bonds. The second-order valence-electron chi connectivity index (χ2n) is 10.2. The summed E-state index contributed by atoms with van der Waals surface area (Å²) in [7, 11) is 3.48. The average Bonchev–Trinajstić information content (AvgIpc) is 2.96. The topological polar surface area (TPSA) is 18.5 Å². The van der Waals surface area contributed by atoms with E-state index < -0.39 is 18.4 Å². The Morgan fingerprint density at radius 1 is 0.541 bits per heavy atom. The van der Waals surface area contributed by atoms with Gasteiger partial charge in [-0.25, -0.2) is 0 Å². The molecular formula is C34H46O2Sn. The Hall–Kier alpha value is -2.20. The van der Waals surface area contributed by atoms with Gasteiger partial charge in [-0.1, -0.05) is 0 Å². The molecule has 3 aromatic rings. The van der Waals surface area contributed by atoms with Crippen LogP contribution in [0.3, 0.4) is 0 Å². The summed E-state index contributed by atoms with van der Waals surface area (Å²) in [6.07, 6.45) is 7.78. The molecule has 0 N–H and O–H groups in total. The molecular weight excluding hydrogens is 559 g/mol. The van der Waals surface area contributed by atoms with Gasteiger partial charge in [0.25, 0.3) is 0 Å². The number of unbranched alkanes of at least 4 members (excludes halogenated alkanes) is 3. The van der Waals surface area contributed by atoms with Crippen molar-refractivity contribution in [2.24, 2.45) is 0 Å². The molecule has 0 saturated carbocycles. The molecule has 3 heteroatoms. The molecule has 0 aliphatic rings. The Morgan fingerprint density at radius 3 is 1.30 bits per heavy atom. The van der Waals surface area contributed by atoms with E-state index >= 15 is 0 Å². The van der Waals surface area contributed by atoms with Crippen LogP contribution in [0.25, 0.3) is 9.16 Å². The molecule has 0 heterocycles. The van der Waals surface area contributed by atoms with Gasteiger partial charge in [-0.05, 0) is 0 Å². The number of benzene rings is 3. The molecule has 0 spiro atoms. The van der Waals surface area contributed by atoms with Crippen molar-refractivity contribution in [3.8, 4) is 11.5 Å². The van der Waals surface area contributed by atoms with Crippen LogP contribution in [-0.4, -0.2) is 32.6 Å². The van der Waals surface area contributed by atoms with Crippen LogP contribution >= 0.6 is 0 Å². The minimum absolute atomic E-state index is 0.900. The van der Waals surface area contributed by atoms with E-state index in [1.54, 1.807) is 17.8 Å². The Balaban J connectivity index is 2.43. The van der Waals surface area contributed by atoms with Crippen LogP contribution < -0.4 is 9.47 Å². The third-order valence-corrected chi connectivity index (χ3v) is 23.4. The van der Waals surface area contributed by atoms with Gasteiger partial charge in [-0.3, -0.25) is 0 Å². The van der Waals surface area contributed by atoms with E-state index in [0.717, 1.165) is 11.5 Å². The molecule has 3 rings (SSSR count). The molecule has 0 atom stereocenters. The zero-order chi connectivity index (χ0) is 26.5. The molecule has 0 aliphatic carbocycles. The summed E-state index contributed by atoms with van der Waals surface area (Å²) in [5.41, 5.74) is 5.43. The quantitative estimate of drug-likeness (QED) is 0.127. The van der Waals surface area contributed by atoms with Gasteiger partial charge in [-0.15, -0.1) is 0 Å². The van der Waals surface area contributed by atoms with Gasteiger partial charge in [0.1, 0.15) is 0 Å². The molecule has 0 radical (unpaired) electrons. The standard InChI is InChI=1S/C22H19O2.3C4H9.Sn/c1-23-20-12-8-18(9-13-20)22(16-17-6-4-3-5-7-17)19-10-14-21(24-2)15-11-19;3*1-3-4-2;/h3-15H,1-2H3;3*1,3-4H2,2H3;. The Morgan fingerprint density at radius 2 is 0.946 bits per heavy atom. The Labute approximate surface area is 230 Å². The van der Waals surface area contributed by atoms with Crippen molar-refractivity contribution in [3.63, 3.8) is 0 Å². The van der Waals surface area contributed by atoms with Gasteiger partial charge in [0.05, 0.1) is 0 Å². The maximum absolute atomic E-state index is 5.54. The van der Waals surface area contributed by atoms with E-state index in [1.165, 1.54) is 74.1 Å². The van der Waals surface area contributed by atoms with Crippen LogP contribution in [0, 0.1) is 0 Å². The summed E-state index contributed by atoms with van der Waals surface area (Å²) in [5, 5.41) is 0. The van der Waals surface area contributed by atoms with Crippen LogP contribution in [0.15, 0.2) is 78.9 Å². The van der Waals surface area contributed by atoms with Crippen molar-refractivity contribution in [1.82, 2.24) is 0 Å². The van der Waals surface area contributed by atoms with E-state index in [9.17, 15) is 0 Å². The molecule has 2 nitrogen and oxygen atoms in total. The maximum atomic E-state index is 5.54. The van der Waals surface area contributed by atoms with Crippen molar-refractivity contribution < 1.29 is 9.47 Å². The first-order chi connectivity index (χ1) is 18.1. The van der Waals surface area contributed by atoms with Crippen LogP contribution in [0.5, 0.6) is 11.5 Å². The van der Waals surface area contributed by atoms with Gasteiger partial charge in [0.15, 0.2) is 0 Å². The summed E-state index contributed by atoms with van der Waals surface area (Å²) >= 11 is -2.90. The summed E-state index contributed by atoms with van der Waals surface area (Å²) in [5.74, 6) is 1.80. The molecule has 0 bridgehead atoms. The fourth-order valence-electron chi connectivity index (χ4n) is 5.59. The fourth-order valence-corrected chi connectivity index (χ4v) is 23.3. The zero-order valence-electron chi connectivity index (χ0n) is 23.7.